The van der Waals surface area contributed by atoms with Crippen LogP contribution in [0.3, 0.4) is 0 Å². The average Bonchev–Trinajstić information content (AvgIpc) is 2.57. The molecule has 3 unspecified atom stereocenters. The van der Waals surface area contributed by atoms with Gasteiger partial charge in [-0.2, -0.15) is 0 Å². The van der Waals surface area contributed by atoms with Crippen molar-refractivity contribution < 1.29 is 17.3 Å². The molecular formula is C15H30BF4N3P-. The molecule has 3 aliphatic rings. The first-order valence-electron chi connectivity index (χ1n) is 9.30. The van der Waals surface area contributed by atoms with E-state index in [-0.39, 0.29) is 7.92 Å². The largest absolute Gasteiger partial charge is 0.673 e. The lowest BCUT2D eigenvalue weighted by Crippen LogP contribution is -2.47. The van der Waals surface area contributed by atoms with Gasteiger partial charge in [-0.15, -0.1) is 0 Å². The fraction of sp³-hybridized carbons (Fsp3) is 1.00. The van der Waals surface area contributed by atoms with Gasteiger partial charge in [0.05, 0.1) is 0 Å². The smallest absolute Gasteiger partial charge is 0.418 e. The second-order valence-electron chi connectivity index (χ2n) is 6.84. The van der Waals surface area contributed by atoms with Crippen molar-refractivity contribution in [3.05, 3.63) is 0 Å². The van der Waals surface area contributed by atoms with Crippen molar-refractivity contribution in [3.63, 3.8) is 0 Å². The lowest BCUT2D eigenvalue weighted by molar-refractivity contribution is 0.368. The van der Waals surface area contributed by atoms with Gasteiger partial charge in [0, 0.05) is 17.3 Å². The first-order chi connectivity index (χ1) is 11.4. The number of nitrogens with one attached hydrogen (secondary N) is 3. The highest BCUT2D eigenvalue weighted by molar-refractivity contribution is 7.59. The van der Waals surface area contributed by atoms with E-state index >= 15 is 0 Å². The Bertz CT molecular complexity index is 295. The topological polar surface area (TPSA) is 36.1 Å². The second kappa shape index (κ2) is 10.3. The molecule has 24 heavy (non-hydrogen) atoms. The van der Waals surface area contributed by atoms with Crippen molar-refractivity contribution in [2.45, 2.75) is 75.1 Å². The Hall–Kier alpha value is 0.0949. The Kier molecular flexibility index (Phi) is 8.75. The van der Waals surface area contributed by atoms with Crippen LogP contribution in [0.25, 0.3) is 0 Å². The van der Waals surface area contributed by atoms with E-state index < -0.39 is 7.25 Å². The van der Waals surface area contributed by atoms with E-state index in [1.165, 1.54) is 77.4 Å². The van der Waals surface area contributed by atoms with Crippen molar-refractivity contribution in [3.8, 4) is 0 Å². The summed E-state index contributed by atoms with van der Waals surface area (Å²) in [5.74, 6) is 2.44. The fourth-order valence-electron chi connectivity index (χ4n) is 3.92. The van der Waals surface area contributed by atoms with Gasteiger partial charge >= 0.3 is 7.25 Å². The van der Waals surface area contributed by atoms with Crippen LogP contribution >= 0.6 is 7.92 Å². The lowest BCUT2D eigenvalue weighted by atomic mass is 10.1. The predicted molar refractivity (Wildman–Crippen MR) is 94.0 cm³/mol. The maximum absolute atomic E-state index is 9.75. The predicted octanol–water partition coefficient (Wildman–Crippen LogP) is 4.07. The Morgan fingerprint density at radius 2 is 0.875 bits per heavy atom. The number of hydrogen-bond donors (Lipinski definition) is 3. The van der Waals surface area contributed by atoms with Crippen LogP contribution in [0.15, 0.2) is 0 Å². The van der Waals surface area contributed by atoms with Gasteiger partial charge in [0.2, 0.25) is 0 Å². The molecule has 142 valence electrons. The molecule has 3 aliphatic heterocycles. The number of piperidine rings is 3. The van der Waals surface area contributed by atoms with Crippen LogP contribution in [0, 0.1) is 0 Å². The van der Waals surface area contributed by atoms with Gasteiger partial charge in [-0.3, -0.25) is 0 Å². The Balaban J connectivity index is 0.000000368. The summed E-state index contributed by atoms with van der Waals surface area (Å²) in [7, 11) is -5.95. The molecule has 0 saturated carbocycles. The zero-order valence-electron chi connectivity index (χ0n) is 14.3. The zero-order chi connectivity index (χ0) is 17.4. The number of rotatable bonds is 3. The van der Waals surface area contributed by atoms with Crippen molar-refractivity contribution in [1.29, 1.82) is 0 Å². The molecule has 3 heterocycles. The third-order valence-corrected chi connectivity index (χ3v) is 8.41. The summed E-state index contributed by atoms with van der Waals surface area (Å²) in [4.78, 5) is 0. The molecule has 3 nitrogen and oxygen atoms in total. The molecule has 0 radical (unpaired) electrons. The summed E-state index contributed by atoms with van der Waals surface area (Å²) in [6, 6.07) is 0. The van der Waals surface area contributed by atoms with Crippen LogP contribution in [0.4, 0.5) is 17.3 Å². The molecule has 0 aromatic rings. The normalized spacial score (nSPS) is 33.2. The lowest BCUT2D eigenvalue weighted by Gasteiger charge is -2.45. The molecule has 3 rings (SSSR count). The molecule has 0 aliphatic carbocycles. The van der Waals surface area contributed by atoms with Crippen molar-refractivity contribution in [2.24, 2.45) is 0 Å². The maximum atomic E-state index is 9.75. The van der Waals surface area contributed by atoms with Crippen LogP contribution in [0.2, 0.25) is 0 Å². The van der Waals surface area contributed by atoms with Gasteiger partial charge in [-0.05, 0) is 58.2 Å². The van der Waals surface area contributed by atoms with Crippen LogP contribution in [0.1, 0.15) is 57.8 Å². The molecule has 3 N–H and O–H groups in total. The summed E-state index contributed by atoms with van der Waals surface area (Å²) in [5.41, 5.74) is 0. The second-order valence-corrected chi connectivity index (χ2v) is 9.60. The van der Waals surface area contributed by atoms with E-state index in [0.29, 0.717) is 0 Å². The Morgan fingerprint density at radius 1 is 0.583 bits per heavy atom. The molecule has 9 heteroatoms. The highest BCUT2D eigenvalue weighted by Gasteiger charge is 2.36. The highest BCUT2D eigenvalue weighted by Crippen LogP contribution is 2.54. The van der Waals surface area contributed by atoms with Gasteiger partial charge < -0.3 is 33.2 Å². The van der Waals surface area contributed by atoms with E-state index in [9.17, 15) is 17.3 Å². The molecule has 3 fully saturated rings. The minimum atomic E-state index is -6.00. The van der Waals surface area contributed by atoms with Gasteiger partial charge in [0.25, 0.3) is 0 Å². The standard InChI is InChI=1S/C15H30N3P.BF4/c1-4-10-16-13(7-1)19(14-8-2-5-11-17-14)15-9-3-6-12-18-15;2-1(3,4)5/h13-18H,1-12H2;/q;-1. The summed E-state index contributed by atoms with van der Waals surface area (Å²) in [6.45, 7) is 3.76. The third kappa shape index (κ3) is 7.55. The Morgan fingerprint density at radius 3 is 1.08 bits per heavy atom. The van der Waals surface area contributed by atoms with E-state index in [2.05, 4.69) is 16.0 Å². The first-order valence-corrected chi connectivity index (χ1v) is 10.8. The van der Waals surface area contributed by atoms with Crippen LogP contribution in [0.5, 0.6) is 0 Å². The molecule has 3 atom stereocenters. The average molecular weight is 370 g/mol. The van der Waals surface area contributed by atoms with Crippen LogP contribution < -0.4 is 16.0 Å². The highest BCUT2D eigenvalue weighted by atomic mass is 31.1. The minimum Gasteiger partial charge on any atom is -0.418 e. The van der Waals surface area contributed by atoms with E-state index in [1.807, 2.05) is 0 Å². The van der Waals surface area contributed by atoms with Gasteiger partial charge in [-0.25, -0.2) is 0 Å². The molecule has 0 bridgehead atoms. The van der Waals surface area contributed by atoms with Crippen molar-refractivity contribution in [1.82, 2.24) is 16.0 Å². The molecule has 0 aromatic carbocycles. The third-order valence-electron chi connectivity index (χ3n) is 4.93. The zero-order valence-corrected chi connectivity index (χ0v) is 15.1. The summed E-state index contributed by atoms with van der Waals surface area (Å²) in [5, 5.41) is 11.6. The maximum Gasteiger partial charge on any atom is 0.673 e. The van der Waals surface area contributed by atoms with Crippen LogP contribution in [-0.4, -0.2) is 44.2 Å². The van der Waals surface area contributed by atoms with E-state index in [0.717, 1.165) is 17.3 Å². The number of halogens is 4. The quantitative estimate of drug-likeness (QED) is 0.398. The van der Waals surface area contributed by atoms with Crippen molar-refractivity contribution >= 4 is 15.2 Å². The SMILES string of the molecule is C1CCC(P(C2CCCCN2)C2CCCCN2)NC1.F[B-](F)(F)F. The van der Waals surface area contributed by atoms with Crippen molar-refractivity contribution in [2.75, 3.05) is 19.6 Å². The molecule has 0 spiro atoms. The molecule has 0 aromatic heterocycles. The minimum absolute atomic E-state index is 0.0515. The molecule has 3 saturated heterocycles. The van der Waals surface area contributed by atoms with Gasteiger partial charge in [-0.1, -0.05) is 27.2 Å². The monoisotopic (exact) mass is 370 g/mol. The van der Waals surface area contributed by atoms with E-state index in [1.54, 1.807) is 0 Å². The summed E-state index contributed by atoms with van der Waals surface area (Å²) >= 11 is 0. The molecule has 0 amide bonds. The Labute approximate surface area is 144 Å². The van der Waals surface area contributed by atoms with Gasteiger partial charge in [0.15, 0.2) is 0 Å². The fourth-order valence-corrected chi connectivity index (χ4v) is 7.68. The summed E-state index contributed by atoms with van der Waals surface area (Å²) in [6.07, 6.45) is 12.7. The summed E-state index contributed by atoms with van der Waals surface area (Å²) < 4.78 is 39.0. The van der Waals surface area contributed by atoms with Crippen LogP contribution in [-0.2, 0) is 0 Å². The first kappa shape index (κ1) is 20.4. The van der Waals surface area contributed by atoms with E-state index in [4.69, 9.17) is 0 Å². The van der Waals surface area contributed by atoms with Gasteiger partial charge in [0.1, 0.15) is 0 Å². The molecular weight excluding hydrogens is 340 g/mol. The number of hydrogen-bond acceptors (Lipinski definition) is 3.